The lowest BCUT2D eigenvalue weighted by molar-refractivity contribution is -0.137. The van der Waals surface area contributed by atoms with E-state index in [1.54, 1.807) is 12.3 Å². The van der Waals surface area contributed by atoms with Gasteiger partial charge in [-0.3, -0.25) is 4.79 Å². The number of carboxylic acids is 1. The molecule has 0 unspecified atom stereocenters. The van der Waals surface area contributed by atoms with Crippen LogP contribution in [0.3, 0.4) is 0 Å². The zero-order chi connectivity index (χ0) is 11.3. The van der Waals surface area contributed by atoms with Gasteiger partial charge in [-0.15, -0.1) is 0 Å². The third kappa shape index (κ3) is 3.40. The quantitative estimate of drug-likeness (QED) is 0.841. The summed E-state index contributed by atoms with van der Waals surface area (Å²) in [4.78, 5) is 14.4. The van der Waals surface area contributed by atoms with Crippen LogP contribution in [0.25, 0.3) is 0 Å². The monoisotopic (exact) mass is 229 g/mol. The van der Waals surface area contributed by atoms with Crippen LogP contribution in [0.5, 0.6) is 5.88 Å². The summed E-state index contributed by atoms with van der Waals surface area (Å²) in [5.74, 6) is -0.345. The van der Waals surface area contributed by atoms with Gasteiger partial charge in [0.15, 0.2) is 0 Å². The van der Waals surface area contributed by atoms with E-state index < -0.39 is 5.97 Å². The number of carbonyl (C=O) groups is 1. The number of hydrogen-bond acceptors (Lipinski definition) is 3. The zero-order valence-electron chi connectivity index (χ0n) is 8.36. The van der Waals surface area contributed by atoms with Gasteiger partial charge >= 0.3 is 5.97 Å². The second kappa shape index (κ2) is 5.56. The van der Waals surface area contributed by atoms with Gasteiger partial charge in [-0.05, 0) is 18.9 Å². The largest absolute Gasteiger partial charge is 0.481 e. The molecule has 82 valence electrons. The fraction of sp³-hybridized carbons (Fsp3) is 0.400. The van der Waals surface area contributed by atoms with E-state index in [1.165, 1.54) is 7.11 Å². The molecule has 0 fully saturated rings. The fourth-order valence-corrected chi connectivity index (χ4v) is 1.50. The SMILES string of the molecule is COc1nccc(Cl)c1CCCC(=O)O. The van der Waals surface area contributed by atoms with Crippen LogP contribution < -0.4 is 4.74 Å². The molecule has 0 saturated heterocycles. The molecule has 0 saturated carbocycles. The number of carboxylic acid groups (broad SMARTS) is 1. The summed E-state index contributed by atoms with van der Waals surface area (Å²) < 4.78 is 5.04. The molecule has 0 atom stereocenters. The number of methoxy groups -OCH3 is 1. The highest BCUT2D eigenvalue weighted by Gasteiger charge is 2.09. The van der Waals surface area contributed by atoms with Gasteiger partial charge in [0.1, 0.15) is 0 Å². The van der Waals surface area contributed by atoms with E-state index in [2.05, 4.69) is 4.98 Å². The molecule has 0 amide bonds. The van der Waals surface area contributed by atoms with Gasteiger partial charge in [-0.2, -0.15) is 0 Å². The van der Waals surface area contributed by atoms with Crippen molar-refractivity contribution >= 4 is 17.6 Å². The maximum Gasteiger partial charge on any atom is 0.303 e. The van der Waals surface area contributed by atoms with Gasteiger partial charge in [0, 0.05) is 18.2 Å². The molecule has 5 heteroatoms. The standard InChI is InChI=1S/C10H12ClNO3/c1-15-10-7(3-2-4-9(13)14)8(11)5-6-12-10/h5-6H,2-4H2,1H3,(H,13,14). The first-order chi connectivity index (χ1) is 7.15. The zero-order valence-corrected chi connectivity index (χ0v) is 9.12. The van der Waals surface area contributed by atoms with Crippen LogP contribution >= 0.6 is 11.6 Å². The minimum Gasteiger partial charge on any atom is -0.481 e. The highest BCUT2D eigenvalue weighted by molar-refractivity contribution is 6.31. The average molecular weight is 230 g/mol. The molecule has 0 bridgehead atoms. The van der Waals surface area contributed by atoms with Crippen molar-refractivity contribution in [2.45, 2.75) is 19.3 Å². The molecule has 0 aliphatic carbocycles. The first kappa shape index (κ1) is 11.8. The Morgan fingerprint density at radius 1 is 1.67 bits per heavy atom. The molecule has 1 aromatic heterocycles. The number of ether oxygens (including phenoxy) is 1. The molecule has 0 aromatic carbocycles. The molecule has 0 radical (unpaired) electrons. The van der Waals surface area contributed by atoms with E-state index >= 15 is 0 Å². The first-order valence-electron chi connectivity index (χ1n) is 4.54. The molecule has 4 nitrogen and oxygen atoms in total. The van der Waals surface area contributed by atoms with Gasteiger partial charge in [0.25, 0.3) is 0 Å². The smallest absolute Gasteiger partial charge is 0.303 e. The van der Waals surface area contributed by atoms with Crippen molar-refractivity contribution in [1.82, 2.24) is 4.98 Å². The Morgan fingerprint density at radius 2 is 2.40 bits per heavy atom. The van der Waals surface area contributed by atoms with Crippen LogP contribution in [-0.2, 0) is 11.2 Å². The minimum absolute atomic E-state index is 0.119. The third-order valence-electron chi connectivity index (χ3n) is 1.97. The fourth-order valence-electron chi connectivity index (χ4n) is 1.27. The van der Waals surface area contributed by atoms with E-state index in [1.807, 2.05) is 0 Å². The van der Waals surface area contributed by atoms with Crippen LogP contribution in [0.2, 0.25) is 5.02 Å². The molecule has 1 rings (SSSR count). The molecule has 1 N–H and O–H groups in total. The number of halogens is 1. The van der Waals surface area contributed by atoms with E-state index in [0.29, 0.717) is 23.7 Å². The topological polar surface area (TPSA) is 59.4 Å². The molecular formula is C10H12ClNO3. The summed E-state index contributed by atoms with van der Waals surface area (Å²) in [6.07, 6.45) is 2.76. The Morgan fingerprint density at radius 3 is 3.00 bits per heavy atom. The first-order valence-corrected chi connectivity index (χ1v) is 4.92. The maximum absolute atomic E-state index is 10.3. The van der Waals surface area contributed by atoms with E-state index in [4.69, 9.17) is 21.4 Å². The van der Waals surface area contributed by atoms with E-state index in [-0.39, 0.29) is 6.42 Å². The lowest BCUT2D eigenvalue weighted by Gasteiger charge is -2.07. The Kier molecular flexibility index (Phi) is 4.37. The van der Waals surface area contributed by atoms with Crippen molar-refractivity contribution in [2.24, 2.45) is 0 Å². The molecule has 0 aliphatic heterocycles. The lowest BCUT2D eigenvalue weighted by atomic mass is 10.1. The number of nitrogens with zero attached hydrogens (tertiary/aromatic N) is 1. The van der Waals surface area contributed by atoms with Gasteiger partial charge < -0.3 is 9.84 Å². The Hall–Kier alpha value is -1.29. The Balaban J connectivity index is 2.70. The molecular weight excluding hydrogens is 218 g/mol. The van der Waals surface area contributed by atoms with Gasteiger partial charge in [0.05, 0.1) is 12.1 Å². The van der Waals surface area contributed by atoms with E-state index in [9.17, 15) is 4.79 Å². The van der Waals surface area contributed by atoms with Gasteiger partial charge in [0.2, 0.25) is 5.88 Å². The molecule has 1 heterocycles. The van der Waals surface area contributed by atoms with Crippen LogP contribution in [-0.4, -0.2) is 23.2 Å². The average Bonchev–Trinajstić information content (AvgIpc) is 2.20. The number of hydrogen-bond donors (Lipinski definition) is 1. The highest BCUT2D eigenvalue weighted by Crippen LogP contribution is 2.25. The molecule has 0 aliphatic rings. The normalized spacial score (nSPS) is 10.0. The number of aliphatic carboxylic acids is 1. The van der Waals surface area contributed by atoms with Crippen LogP contribution in [0.15, 0.2) is 12.3 Å². The van der Waals surface area contributed by atoms with Crippen LogP contribution in [0.4, 0.5) is 0 Å². The van der Waals surface area contributed by atoms with Crippen molar-refractivity contribution in [1.29, 1.82) is 0 Å². The third-order valence-corrected chi connectivity index (χ3v) is 2.32. The van der Waals surface area contributed by atoms with Crippen molar-refractivity contribution < 1.29 is 14.6 Å². The van der Waals surface area contributed by atoms with E-state index in [0.717, 1.165) is 5.56 Å². The predicted octanol–water partition coefficient (Wildman–Crippen LogP) is 2.15. The van der Waals surface area contributed by atoms with Crippen molar-refractivity contribution in [3.8, 4) is 5.88 Å². The lowest BCUT2D eigenvalue weighted by Crippen LogP contribution is -1.99. The second-order valence-electron chi connectivity index (χ2n) is 3.03. The summed E-state index contributed by atoms with van der Waals surface area (Å²) in [7, 11) is 1.51. The summed E-state index contributed by atoms with van der Waals surface area (Å²) in [6.45, 7) is 0. The van der Waals surface area contributed by atoms with Crippen molar-refractivity contribution in [3.63, 3.8) is 0 Å². The Bertz CT molecular complexity index is 355. The van der Waals surface area contributed by atoms with Gasteiger partial charge in [-0.25, -0.2) is 4.98 Å². The summed E-state index contributed by atoms with van der Waals surface area (Å²) in [5.41, 5.74) is 0.767. The Labute approximate surface area is 92.8 Å². The number of rotatable bonds is 5. The minimum atomic E-state index is -0.811. The van der Waals surface area contributed by atoms with Crippen LogP contribution in [0, 0.1) is 0 Å². The number of aromatic nitrogens is 1. The summed E-state index contributed by atoms with van der Waals surface area (Å²) in [5, 5.41) is 9.07. The van der Waals surface area contributed by atoms with Crippen LogP contribution in [0.1, 0.15) is 18.4 Å². The summed E-state index contributed by atoms with van der Waals surface area (Å²) >= 11 is 5.96. The molecule has 15 heavy (non-hydrogen) atoms. The van der Waals surface area contributed by atoms with Crippen molar-refractivity contribution in [3.05, 3.63) is 22.8 Å². The summed E-state index contributed by atoms with van der Waals surface area (Å²) in [6, 6.07) is 1.67. The molecule has 0 spiro atoms. The van der Waals surface area contributed by atoms with Gasteiger partial charge in [-0.1, -0.05) is 11.6 Å². The molecule has 1 aromatic rings. The predicted molar refractivity (Wildman–Crippen MR) is 56.4 cm³/mol. The second-order valence-corrected chi connectivity index (χ2v) is 3.44. The maximum atomic E-state index is 10.3. The number of pyridine rings is 1. The van der Waals surface area contributed by atoms with Crippen molar-refractivity contribution in [2.75, 3.05) is 7.11 Å². The highest BCUT2D eigenvalue weighted by atomic mass is 35.5.